The number of benzene rings is 2. The lowest BCUT2D eigenvalue weighted by Crippen LogP contribution is -2.43. The average Bonchev–Trinajstić information content (AvgIpc) is 3.24. The van der Waals surface area contributed by atoms with Crippen LogP contribution in [0.4, 0.5) is 5.69 Å². The van der Waals surface area contributed by atoms with Crippen LogP contribution in [0.3, 0.4) is 0 Å². The van der Waals surface area contributed by atoms with Gasteiger partial charge in [0.2, 0.25) is 0 Å². The van der Waals surface area contributed by atoms with Gasteiger partial charge in [0.25, 0.3) is 11.6 Å². The van der Waals surface area contributed by atoms with Gasteiger partial charge in [-0.05, 0) is 35.9 Å². The second-order valence-corrected chi connectivity index (χ2v) is 8.22. The molecule has 1 saturated heterocycles. The highest BCUT2D eigenvalue weighted by atomic mass is 32.2. The number of nitrogens with zero attached hydrogens (tertiary/aromatic N) is 2. The standard InChI is InChI=1S/C20H15N3O7S2/c1-28-13-8-7-12-15(16(13)29-2)19(25)30-17(12)21-22-18(24)14(32-20(22)31)9-10-3-5-11(6-4-10)23(26)27/h3-9,17,21H,1-2H3/b14-9-. The van der Waals surface area contributed by atoms with Crippen molar-refractivity contribution in [3.05, 3.63) is 68.1 Å². The van der Waals surface area contributed by atoms with E-state index in [0.717, 1.165) is 16.8 Å². The fraction of sp³-hybridized carbons (Fsp3) is 0.150. The van der Waals surface area contributed by atoms with E-state index < -0.39 is 23.0 Å². The van der Waals surface area contributed by atoms with Crippen LogP contribution >= 0.6 is 24.0 Å². The smallest absolute Gasteiger partial charge is 0.344 e. The van der Waals surface area contributed by atoms with Crippen LogP contribution in [0, 0.1) is 10.1 Å². The monoisotopic (exact) mass is 473 g/mol. The van der Waals surface area contributed by atoms with Gasteiger partial charge in [-0.25, -0.2) is 9.80 Å². The van der Waals surface area contributed by atoms with Crippen LogP contribution < -0.4 is 14.9 Å². The molecule has 0 radical (unpaired) electrons. The summed E-state index contributed by atoms with van der Waals surface area (Å²) in [6.07, 6.45) is 0.617. The van der Waals surface area contributed by atoms with Gasteiger partial charge in [0, 0.05) is 17.7 Å². The van der Waals surface area contributed by atoms with Crippen LogP contribution in [0.15, 0.2) is 41.3 Å². The summed E-state index contributed by atoms with van der Waals surface area (Å²) in [6.45, 7) is 0. The van der Waals surface area contributed by atoms with Crippen molar-refractivity contribution in [3.63, 3.8) is 0 Å². The van der Waals surface area contributed by atoms with E-state index in [9.17, 15) is 19.7 Å². The zero-order valence-electron chi connectivity index (χ0n) is 16.7. The van der Waals surface area contributed by atoms with Crippen LogP contribution in [-0.2, 0) is 9.53 Å². The van der Waals surface area contributed by atoms with Gasteiger partial charge >= 0.3 is 5.97 Å². The highest BCUT2D eigenvalue weighted by Crippen LogP contribution is 2.42. The second kappa shape index (κ2) is 8.57. The molecule has 10 nitrogen and oxygen atoms in total. The lowest BCUT2D eigenvalue weighted by atomic mass is 10.1. The Morgan fingerprint density at radius 3 is 2.53 bits per heavy atom. The van der Waals surface area contributed by atoms with Gasteiger partial charge in [-0.1, -0.05) is 24.0 Å². The first-order valence-corrected chi connectivity index (χ1v) is 10.3. The maximum atomic E-state index is 12.9. The lowest BCUT2D eigenvalue weighted by molar-refractivity contribution is -0.384. The van der Waals surface area contributed by atoms with E-state index in [1.807, 2.05) is 0 Å². The fourth-order valence-electron chi connectivity index (χ4n) is 3.24. The van der Waals surface area contributed by atoms with E-state index in [4.69, 9.17) is 26.4 Å². The Morgan fingerprint density at radius 1 is 1.19 bits per heavy atom. The molecule has 1 unspecified atom stereocenters. The minimum atomic E-state index is -0.960. The molecule has 1 atom stereocenters. The van der Waals surface area contributed by atoms with E-state index in [-0.39, 0.29) is 21.3 Å². The molecule has 2 aliphatic rings. The molecule has 12 heteroatoms. The van der Waals surface area contributed by atoms with Crippen LogP contribution in [0.25, 0.3) is 6.08 Å². The molecular formula is C20H15N3O7S2. The minimum absolute atomic E-state index is 0.0508. The van der Waals surface area contributed by atoms with Gasteiger partial charge in [0.1, 0.15) is 5.56 Å². The molecule has 0 spiro atoms. The predicted molar refractivity (Wildman–Crippen MR) is 119 cm³/mol. The predicted octanol–water partition coefficient (Wildman–Crippen LogP) is 3.19. The average molecular weight is 473 g/mol. The number of non-ortho nitro benzene ring substituents is 1. The highest BCUT2D eigenvalue weighted by Gasteiger charge is 2.40. The summed E-state index contributed by atoms with van der Waals surface area (Å²) in [5.74, 6) is -0.452. The first-order valence-electron chi connectivity index (χ1n) is 9.08. The van der Waals surface area contributed by atoms with Gasteiger partial charge in [-0.15, -0.1) is 0 Å². The Labute approximate surface area is 191 Å². The lowest BCUT2D eigenvalue weighted by Gasteiger charge is -2.21. The van der Waals surface area contributed by atoms with Gasteiger partial charge in [0.15, 0.2) is 22.0 Å². The quantitative estimate of drug-likeness (QED) is 0.220. The summed E-state index contributed by atoms with van der Waals surface area (Å²) in [5.41, 5.74) is 4.07. The number of nitro benzene ring substituents is 1. The van der Waals surface area contributed by atoms with Crippen molar-refractivity contribution in [3.8, 4) is 11.5 Å². The Balaban J connectivity index is 1.56. The molecule has 0 aliphatic carbocycles. The third-order valence-electron chi connectivity index (χ3n) is 4.73. The summed E-state index contributed by atoms with van der Waals surface area (Å²) in [4.78, 5) is 35.9. The zero-order chi connectivity index (χ0) is 23.0. The number of nitro groups is 1. The van der Waals surface area contributed by atoms with Crippen LogP contribution in [0.1, 0.15) is 27.7 Å². The maximum absolute atomic E-state index is 12.9. The Bertz CT molecular complexity index is 1180. The number of hydrogen-bond acceptors (Lipinski definition) is 10. The van der Waals surface area contributed by atoms with Gasteiger partial charge in [-0.3, -0.25) is 14.9 Å². The number of thioether (sulfide) groups is 1. The first kappa shape index (κ1) is 21.7. The number of methoxy groups -OCH3 is 2. The number of hydrogen-bond donors (Lipinski definition) is 1. The second-order valence-electron chi connectivity index (χ2n) is 6.55. The summed E-state index contributed by atoms with van der Waals surface area (Å²) in [5, 5.41) is 11.9. The van der Waals surface area contributed by atoms with Gasteiger partial charge in [-0.2, -0.15) is 5.43 Å². The van der Waals surface area contributed by atoms with E-state index in [1.165, 1.54) is 38.5 Å². The molecule has 0 aromatic heterocycles. The molecule has 0 saturated carbocycles. The van der Waals surface area contributed by atoms with Crippen molar-refractivity contribution in [1.29, 1.82) is 0 Å². The van der Waals surface area contributed by atoms with Gasteiger partial charge in [0.05, 0.1) is 24.0 Å². The van der Waals surface area contributed by atoms with Crippen molar-refractivity contribution in [2.24, 2.45) is 0 Å². The number of hydrazine groups is 1. The number of amides is 1. The summed E-state index contributed by atoms with van der Waals surface area (Å²) in [6, 6.07) is 9.04. The minimum Gasteiger partial charge on any atom is -0.493 e. The van der Waals surface area contributed by atoms with Crippen molar-refractivity contribution in [1.82, 2.24) is 10.4 Å². The Kier molecular flexibility index (Phi) is 5.82. The van der Waals surface area contributed by atoms with E-state index in [2.05, 4.69) is 5.43 Å². The van der Waals surface area contributed by atoms with E-state index in [1.54, 1.807) is 18.2 Å². The Hall–Kier alpha value is -3.48. The molecule has 1 fully saturated rings. The maximum Gasteiger partial charge on any atom is 0.344 e. The van der Waals surface area contributed by atoms with Crippen LogP contribution in [0.5, 0.6) is 11.5 Å². The normalized spacial score (nSPS) is 18.7. The number of ether oxygens (including phenoxy) is 3. The van der Waals surface area contributed by atoms with Crippen molar-refractivity contribution in [2.75, 3.05) is 14.2 Å². The van der Waals surface area contributed by atoms with Crippen molar-refractivity contribution < 1.29 is 28.7 Å². The first-order chi connectivity index (χ1) is 15.3. The molecular weight excluding hydrogens is 458 g/mol. The summed E-state index contributed by atoms with van der Waals surface area (Å²) in [7, 11) is 2.87. The number of fused-ring (bicyclic) bond motifs is 1. The number of cyclic esters (lactones) is 1. The number of nitrogens with one attached hydrogen (secondary N) is 1. The number of carbonyl (C=O) groups is 2. The Morgan fingerprint density at radius 2 is 1.91 bits per heavy atom. The fourth-order valence-corrected chi connectivity index (χ4v) is 4.43. The van der Waals surface area contributed by atoms with E-state index in [0.29, 0.717) is 21.8 Å². The molecule has 2 aliphatic heterocycles. The van der Waals surface area contributed by atoms with E-state index >= 15 is 0 Å². The largest absolute Gasteiger partial charge is 0.493 e. The molecule has 2 heterocycles. The number of thiocarbonyl (C=S) groups is 1. The topological polar surface area (TPSA) is 120 Å². The number of esters is 1. The molecule has 32 heavy (non-hydrogen) atoms. The molecule has 164 valence electrons. The van der Waals surface area contributed by atoms with Crippen LogP contribution in [-0.4, -0.2) is 40.3 Å². The number of carbonyl (C=O) groups excluding carboxylic acids is 2. The molecule has 1 N–H and O–H groups in total. The molecule has 2 aromatic carbocycles. The third kappa shape index (κ3) is 3.79. The third-order valence-corrected chi connectivity index (χ3v) is 6.03. The van der Waals surface area contributed by atoms with Crippen molar-refractivity contribution >= 4 is 51.9 Å². The van der Waals surface area contributed by atoms with Gasteiger partial charge < -0.3 is 14.2 Å². The number of rotatable bonds is 6. The molecule has 2 aromatic rings. The summed E-state index contributed by atoms with van der Waals surface area (Å²) >= 11 is 6.36. The molecule has 0 bridgehead atoms. The molecule has 4 rings (SSSR count). The zero-order valence-corrected chi connectivity index (χ0v) is 18.3. The SMILES string of the molecule is COc1ccc2c(c1OC)C(=O)OC2NN1C(=O)/C(=C/c2ccc([N+](=O)[O-])cc2)SC1=S. The highest BCUT2D eigenvalue weighted by molar-refractivity contribution is 8.26. The molecule has 1 amide bonds. The summed E-state index contributed by atoms with van der Waals surface area (Å²) < 4.78 is 16.1. The van der Waals surface area contributed by atoms with Crippen molar-refractivity contribution in [2.45, 2.75) is 6.23 Å². The van der Waals surface area contributed by atoms with Crippen LogP contribution in [0.2, 0.25) is 0 Å².